The third-order valence-corrected chi connectivity index (χ3v) is 1.67. The molecule has 0 bridgehead atoms. The van der Waals surface area contributed by atoms with E-state index in [1.165, 1.54) is 0 Å². The molecule has 0 spiro atoms. The first-order valence-electron chi connectivity index (χ1n) is 5.00. The van der Waals surface area contributed by atoms with E-state index >= 15 is 0 Å². The molecule has 0 radical (unpaired) electrons. The molecule has 0 heterocycles. The van der Waals surface area contributed by atoms with Crippen LogP contribution in [0, 0.1) is 31.1 Å². The van der Waals surface area contributed by atoms with Crippen molar-refractivity contribution in [2.75, 3.05) is 0 Å². The van der Waals surface area contributed by atoms with Gasteiger partial charge in [-0.25, -0.2) is 36.4 Å². The molecule has 86 valence electrons. The van der Waals surface area contributed by atoms with Crippen LogP contribution in [0.5, 0.6) is 0 Å². The molecule has 3 rings (SSSR count). The van der Waals surface area contributed by atoms with E-state index in [0.29, 0.717) is 0 Å². The van der Waals surface area contributed by atoms with Crippen molar-refractivity contribution in [2.45, 2.75) is 0 Å². The van der Waals surface area contributed by atoms with Gasteiger partial charge < -0.3 is 12.4 Å². The summed E-state index contributed by atoms with van der Waals surface area (Å²) in [6, 6.07) is 30.0. The Morgan fingerprint density at radius 3 is 0.647 bits per heavy atom. The Bertz CT molecular complexity index is 243. The third kappa shape index (κ3) is 13.3. The maximum Gasteiger partial charge on any atom is 4.00 e. The summed E-state index contributed by atoms with van der Waals surface area (Å²) in [7, 11) is 0. The van der Waals surface area contributed by atoms with Gasteiger partial charge in [0.05, 0.1) is 0 Å². The van der Waals surface area contributed by atoms with E-state index < -0.39 is 0 Å². The van der Waals surface area contributed by atoms with Crippen molar-refractivity contribution in [3.63, 3.8) is 0 Å². The Labute approximate surface area is 134 Å². The quantitative estimate of drug-likeness (QED) is 0.435. The van der Waals surface area contributed by atoms with Crippen molar-refractivity contribution in [3.8, 4) is 0 Å². The molecule has 0 saturated heterocycles. The summed E-state index contributed by atoms with van der Waals surface area (Å²) in [5.41, 5.74) is 0. The molecule has 2 heteroatoms. The van der Waals surface area contributed by atoms with E-state index in [2.05, 4.69) is 0 Å². The summed E-state index contributed by atoms with van der Waals surface area (Å²) in [6.07, 6.45) is 0. The largest absolute Gasteiger partial charge is 4.00 e. The van der Waals surface area contributed by atoms with Gasteiger partial charge in [-0.2, -0.15) is 54.6 Å². The molecule has 3 aromatic carbocycles. The van der Waals surface area contributed by atoms with E-state index in [4.69, 9.17) is 0 Å². The normalized spacial score (nSPS) is 7.06. The molecule has 0 unspecified atom stereocenters. The summed E-state index contributed by atoms with van der Waals surface area (Å²) >= 11 is 0. The molecule has 3 aromatic rings. The minimum absolute atomic E-state index is 0. The molecule has 0 aliphatic rings. The molecular formula is C15H15ClU. The van der Waals surface area contributed by atoms with Gasteiger partial charge in [-0.3, -0.25) is 0 Å². The van der Waals surface area contributed by atoms with E-state index in [1.54, 1.807) is 0 Å². The van der Waals surface area contributed by atoms with E-state index in [0.717, 1.165) is 0 Å². The average molecular weight is 469 g/mol. The molecule has 0 N–H and O–H groups in total. The molecule has 0 aliphatic heterocycles. The fraction of sp³-hybridized carbons (Fsp3) is 0. The molecule has 0 fully saturated rings. The second-order valence-electron chi connectivity index (χ2n) is 2.89. The summed E-state index contributed by atoms with van der Waals surface area (Å²) in [6.45, 7) is 0. The van der Waals surface area contributed by atoms with E-state index in [9.17, 15) is 0 Å². The summed E-state index contributed by atoms with van der Waals surface area (Å²) < 4.78 is 0. The first-order valence-corrected chi connectivity index (χ1v) is 5.00. The molecule has 0 amide bonds. The predicted molar refractivity (Wildman–Crippen MR) is 66.1 cm³/mol. The van der Waals surface area contributed by atoms with E-state index in [-0.39, 0.29) is 43.5 Å². The van der Waals surface area contributed by atoms with Crippen LogP contribution < -0.4 is 12.4 Å². The molecule has 17 heavy (non-hydrogen) atoms. The second-order valence-corrected chi connectivity index (χ2v) is 2.89. The number of halogens is 1. The predicted octanol–water partition coefficient (Wildman–Crippen LogP) is 1.22. The van der Waals surface area contributed by atoms with Crippen LogP contribution in [0.2, 0.25) is 0 Å². The maximum atomic E-state index is 2.00. The molecular weight excluding hydrogens is 454 g/mol. The zero-order valence-electron chi connectivity index (χ0n) is 9.54. The molecule has 0 aliphatic carbocycles. The van der Waals surface area contributed by atoms with Gasteiger partial charge in [-0.15, -0.1) is 0 Å². The molecule has 0 aromatic heterocycles. The molecule has 0 atom stereocenters. The molecule has 0 nitrogen and oxygen atoms in total. The Morgan fingerprint density at radius 2 is 0.588 bits per heavy atom. The first kappa shape index (κ1) is 18.7. The topological polar surface area (TPSA) is 0 Å². The maximum absolute atomic E-state index is 2.00. The van der Waals surface area contributed by atoms with Crippen LogP contribution in [0.15, 0.2) is 91.0 Å². The fourth-order valence-corrected chi connectivity index (χ4v) is 0.962. The minimum atomic E-state index is 0. The summed E-state index contributed by atoms with van der Waals surface area (Å²) in [5, 5.41) is 0. The van der Waals surface area contributed by atoms with Crippen LogP contribution in [-0.2, 0) is 0 Å². The van der Waals surface area contributed by atoms with Crippen molar-refractivity contribution in [3.05, 3.63) is 91.0 Å². The third-order valence-electron chi connectivity index (χ3n) is 1.67. The zero-order chi connectivity index (χ0) is 10.6. The van der Waals surface area contributed by atoms with Crippen molar-refractivity contribution >= 4 is 0 Å². The Kier molecular flexibility index (Phi) is 17.0. The van der Waals surface area contributed by atoms with Gasteiger partial charge in [0, 0.05) is 0 Å². The van der Waals surface area contributed by atoms with Crippen LogP contribution in [0.3, 0.4) is 0 Å². The summed E-state index contributed by atoms with van der Waals surface area (Å²) in [4.78, 5) is 0. The number of rotatable bonds is 0. The molecule has 0 saturated carbocycles. The van der Waals surface area contributed by atoms with Crippen LogP contribution in [0.4, 0.5) is 0 Å². The minimum Gasteiger partial charge on any atom is -1.00 e. The van der Waals surface area contributed by atoms with Crippen molar-refractivity contribution in [1.82, 2.24) is 0 Å². The van der Waals surface area contributed by atoms with Gasteiger partial charge in [0.25, 0.3) is 0 Å². The Morgan fingerprint density at radius 1 is 0.412 bits per heavy atom. The van der Waals surface area contributed by atoms with Crippen molar-refractivity contribution < 1.29 is 43.5 Å². The Balaban J connectivity index is 0. The van der Waals surface area contributed by atoms with Crippen LogP contribution in [0.1, 0.15) is 0 Å². The fourth-order valence-electron chi connectivity index (χ4n) is 0.962. The Hall–Kier alpha value is -0.608. The van der Waals surface area contributed by atoms with Crippen LogP contribution >= 0.6 is 0 Å². The van der Waals surface area contributed by atoms with Crippen molar-refractivity contribution in [1.29, 1.82) is 0 Å². The summed E-state index contributed by atoms with van der Waals surface area (Å²) in [5.74, 6) is 0. The van der Waals surface area contributed by atoms with Gasteiger partial charge in [-0.05, 0) is 0 Å². The first-order chi connectivity index (χ1) is 7.50. The van der Waals surface area contributed by atoms with Gasteiger partial charge >= 0.3 is 31.1 Å². The number of hydrogen-bond acceptors (Lipinski definition) is 0. The number of hydrogen-bond donors (Lipinski definition) is 0. The van der Waals surface area contributed by atoms with Crippen molar-refractivity contribution in [2.24, 2.45) is 0 Å². The monoisotopic (exact) mass is 468 g/mol. The second kappa shape index (κ2) is 15.4. The van der Waals surface area contributed by atoms with Gasteiger partial charge in [0.1, 0.15) is 0 Å². The smallest absolute Gasteiger partial charge is 1.00 e. The van der Waals surface area contributed by atoms with Gasteiger partial charge in [0.15, 0.2) is 0 Å². The zero-order valence-corrected chi connectivity index (χ0v) is 14.5. The van der Waals surface area contributed by atoms with Crippen LogP contribution in [0.25, 0.3) is 0 Å². The SMILES string of the molecule is [Cl-].[U+4].c1cc[cH-]c1.c1cc[cH-]c1.c1cc[cH-]c1. The van der Waals surface area contributed by atoms with Gasteiger partial charge in [-0.1, -0.05) is 0 Å². The average Bonchev–Trinajstić information content (AvgIpc) is 3.09. The van der Waals surface area contributed by atoms with Gasteiger partial charge in [0.2, 0.25) is 0 Å². The van der Waals surface area contributed by atoms with E-state index in [1.807, 2.05) is 91.0 Å². The standard InChI is InChI=1S/3C5H5.ClH.U/c3*1-2-4-5-3-1;;/h3*1-5H;1H;/q3*-1;;+4/p-1. The van der Waals surface area contributed by atoms with Crippen LogP contribution in [-0.4, -0.2) is 0 Å².